The number of anilines is 1. The smallest absolute Gasteiger partial charge is 0.278 e. The van der Waals surface area contributed by atoms with E-state index in [1.807, 2.05) is 30.4 Å². The highest BCUT2D eigenvalue weighted by atomic mass is 19.2. The number of aromatic amines is 1. The van der Waals surface area contributed by atoms with E-state index >= 15 is 0 Å². The Bertz CT molecular complexity index is 1710. The summed E-state index contributed by atoms with van der Waals surface area (Å²) in [6, 6.07) is 9.04. The van der Waals surface area contributed by atoms with E-state index in [0.29, 0.717) is 34.8 Å². The van der Waals surface area contributed by atoms with Crippen molar-refractivity contribution in [2.75, 3.05) is 5.32 Å². The molecular weight excluding hydrogens is 504 g/mol. The number of hydrogen-bond donors (Lipinski definition) is 2. The van der Waals surface area contributed by atoms with Crippen molar-refractivity contribution in [3.8, 4) is 0 Å². The third-order valence-electron chi connectivity index (χ3n) is 6.73. The maximum Gasteiger partial charge on any atom is 0.278 e. The van der Waals surface area contributed by atoms with Crippen LogP contribution < -0.4 is 10.9 Å². The zero-order chi connectivity index (χ0) is 27.7. The first-order chi connectivity index (χ1) is 18.7. The molecule has 198 valence electrons. The summed E-state index contributed by atoms with van der Waals surface area (Å²) in [5, 5.41) is 2.86. The molecule has 0 atom stereocenters. The van der Waals surface area contributed by atoms with Gasteiger partial charge in [0, 0.05) is 42.8 Å². The summed E-state index contributed by atoms with van der Waals surface area (Å²) >= 11 is 0. The summed E-state index contributed by atoms with van der Waals surface area (Å²) in [4.78, 5) is 45.5. The summed E-state index contributed by atoms with van der Waals surface area (Å²) in [6.07, 6.45) is 9.22. The van der Waals surface area contributed by atoms with Crippen LogP contribution >= 0.6 is 0 Å². The number of imidazole rings is 1. The number of fused-ring (bicyclic) bond motifs is 1. The van der Waals surface area contributed by atoms with Gasteiger partial charge in [-0.15, -0.1) is 0 Å². The van der Waals surface area contributed by atoms with E-state index in [9.17, 15) is 23.2 Å². The molecule has 2 N–H and O–H groups in total. The van der Waals surface area contributed by atoms with Crippen molar-refractivity contribution in [3.05, 3.63) is 111 Å². The first-order valence-electron chi connectivity index (χ1n) is 12.3. The molecule has 0 saturated heterocycles. The van der Waals surface area contributed by atoms with Crippen LogP contribution in [0.5, 0.6) is 0 Å². The fourth-order valence-electron chi connectivity index (χ4n) is 4.58. The third-order valence-corrected chi connectivity index (χ3v) is 6.73. The molecule has 0 fully saturated rings. The average molecular weight is 530 g/mol. The molecular formula is C29H25F2N5O3. The minimum absolute atomic E-state index is 0.00778. The molecule has 1 amide bonds. The van der Waals surface area contributed by atoms with Crippen molar-refractivity contribution < 1.29 is 18.4 Å². The fraction of sp³-hybridized carbons (Fsp3) is 0.172. The fourth-order valence-corrected chi connectivity index (χ4v) is 4.58. The Kier molecular flexibility index (Phi) is 6.93. The van der Waals surface area contributed by atoms with Crippen molar-refractivity contribution in [2.24, 2.45) is 7.05 Å². The van der Waals surface area contributed by atoms with E-state index in [1.54, 1.807) is 37.1 Å². The van der Waals surface area contributed by atoms with E-state index in [2.05, 4.69) is 15.3 Å². The average Bonchev–Trinajstić information content (AvgIpc) is 3.59. The molecule has 0 spiro atoms. The van der Waals surface area contributed by atoms with Crippen LogP contribution in [0.4, 0.5) is 14.5 Å². The molecule has 0 saturated carbocycles. The van der Waals surface area contributed by atoms with Gasteiger partial charge in [0.2, 0.25) is 0 Å². The molecule has 2 aromatic heterocycles. The quantitative estimate of drug-likeness (QED) is 0.255. The molecule has 0 radical (unpaired) electrons. The number of carbonyl (C=O) groups excluding carboxylic acids is 2. The summed E-state index contributed by atoms with van der Waals surface area (Å²) < 4.78 is 29.8. The first kappa shape index (κ1) is 25.8. The number of Topliss-reactive ketones (excluding diaryl/α,β-unsaturated/α-hetero) is 1. The number of nitrogens with one attached hydrogen (secondary N) is 2. The second-order valence-corrected chi connectivity index (χ2v) is 9.25. The van der Waals surface area contributed by atoms with Gasteiger partial charge in [-0.1, -0.05) is 30.4 Å². The highest BCUT2D eigenvalue weighted by Gasteiger charge is 2.24. The van der Waals surface area contributed by atoms with E-state index in [-0.39, 0.29) is 30.2 Å². The van der Waals surface area contributed by atoms with Crippen molar-refractivity contribution in [1.29, 1.82) is 0 Å². The number of benzene rings is 2. The number of aromatic nitrogens is 4. The molecule has 0 bridgehead atoms. The molecule has 39 heavy (non-hydrogen) atoms. The van der Waals surface area contributed by atoms with Crippen LogP contribution in [0, 0.1) is 18.6 Å². The predicted molar refractivity (Wildman–Crippen MR) is 144 cm³/mol. The summed E-state index contributed by atoms with van der Waals surface area (Å²) in [6.45, 7) is 1.69. The van der Waals surface area contributed by atoms with E-state index in [4.69, 9.17) is 0 Å². The minimum atomic E-state index is -0.994. The van der Waals surface area contributed by atoms with Crippen LogP contribution in [0.1, 0.15) is 51.4 Å². The van der Waals surface area contributed by atoms with Crippen LogP contribution in [0.3, 0.4) is 0 Å². The number of allylic oxidation sites excluding steroid dienone is 1. The Hall–Kier alpha value is -4.86. The molecule has 0 unspecified atom stereocenters. The van der Waals surface area contributed by atoms with Crippen molar-refractivity contribution >= 4 is 35.1 Å². The van der Waals surface area contributed by atoms with Gasteiger partial charge in [0.25, 0.3) is 11.5 Å². The monoisotopic (exact) mass is 529 g/mol. The van der Waals surface area contributed by atoms with Gasteiger partial charge in [-0.25, -0.2) is 18.4 Å². The third kappa shape index (κ3) is 5.13. The molecule has 5 rings (SSSR count). The molecule has 1 aliphatic rings. The Labute approximate surface area is 222 Å². The maximum atomic E-state index is 13.6. The number of nitrogens with zero attached hydrogens (tertiary/aromatic N) is 3. The zero-order valence-electron chi connectivity index (χ0n) is 21.3. The van der Waals surface area contributed by atoms with Crippen LogP contribution in [-0.4, -0.2) is 31.0 Å². The molecule has 4 aromatic rings. The molecule has 10 heteroatoms. The standard InChI is InChI=1S/C29H25F2N5O3/c1-17-27(29(39)36(35(17)2)16-19-8-10-22(30)23(31)13-19)25(37)6-4-3-5-18-7-9-20-21(15-26-32-11-12-33-26)28(38)34-24(20)14-18/h3,5,7-15H,4,6,16H2,1-2H3,(H,32,33)(H,34,38)/b5-3+,21-15-. The first-order valence-corrected chi connectivity index (χ1v) is 12.3. The van der Waals surface area contributed by atoms with Gasteiger partial charge in [0.05, 0.1) is 12.1 Å². The number of ketones is 1. The predicted octanol–water partition coefficient (Wildman–Crippen LogP) is 4.71. The van der Waals surface area contributed by atoms with Gasteiger partial charge in [0.15, 0.2) is 17.4 Å². The van der Waals surface area contributed by atoms with Crippen LogP contribution in [0.2, 0.25) is 0 Å². The van der Waals surface area contributed by atoms with Gasteiger partial charge < -0.3 is 10.3 Å². The Morgan fingerprint density at radius 3 is 2.67 bits per heavy atom. The maximum absolute atomic E-state index is 13.6. The van der Waals surface area contributed by atoms with E-state index < -0.39 is 17.2 Å². The van der Waals surface area contributed by atoms with Gasteiger partial charge in [-0.2, -0.15) is 0 Å². The lowest BCUT2D eigenvalue weighted by Crippen LogP contribution is -2.25. The van der Waals surface area contributed by atoms with Gasteiger partial charge in [-0.3, -0.25) is 19.1 Å². The van der Waals surface area contributed by atoms with Gasteiger partial charge in [0.1, 0.15) is 11.4 Å². The lowest BCUT2D eigenvalue weighted by Gasteiger charge is -2.08. The Balaban J connectivity index is 1.25. The lowest BCUT2D eigenvalue weighted by atomic mass is 10.0. The lowest BCUT2D eigenvalue weighted by molar-refractivity contribution is -0.110. The van der Waals surface area contributed by atoms with Crippen molar-refractivity contribution in [3.63, 3.8) is 0 Å². The molecule has 3 heterocycles. The van der Waals surface area contributed by atoms with E-state index in [1.165, 1.54) is 10.7 Å². The highest BCUT2D eigenvalue weighted by molar-refractivity contribution is 6.34. The zero-order valence-corrected chi connectivity index (χ0v) is 21.3. The summed E-state index contributed by atoms with van der Waals surface area (Å²) in [5.74, 6) is -1.87. The molecule has 8 nitrogen and oxygen atoms in total. The normalized spacial score (nSPS) is 13.8. The second-order valence-electron chi connectivity index (χ2n) is 9.25. The number of hydrogen-bond acceptors (Lipinski definition) is 4. The molecule has 1 aliphatic heterocycles. The number of carbonyl (C=O) groups is 2. The largest absolute Gasteiger partial charge is 0.345 e. The Morgan fingerprint density at radius 1 is 1.10 bits per heavy atom. The van der Waals surface area contributed by atoms with E-state index in [0.717, 1.165) is 23.3 Å². The topological polar surface area (TPSA) is 102 Å². The molecule has 2 aromatic carbocycles. The van der Waals surface area contributed by atoms with Crippen molar-refractivity contribution in [1.82, 2.24) is 19.3 Å². The number of amides is 1. The second kappa shape index (κ2) is 10.5. The van der Waals surface area contributed by atoms with Crippen LogP contribution in [0.25, 0.3) is 17.7 Å². The summed E-state index contributed by atoms with van der Waals surface area (Å²) in [5.41, 5.74) is 3.38. The number of rotatable bonds is 8. The molecule has 0 aliphatic carbocycles. The summed E-state index contributed by atoms with van der Waals surface area (Å²) in [7, 11) is 1.65. The van der Waals surface area contributed by atoms with Gasteiger partial charge in [-0.05, 0) is 48.7 Å². The van der Waals surface area contributed by atoms with Crippen LogP contribution in [0.15, 0.2) is 59.7 Å². The number of H-pyrrole nitrogens is 1. The van der Waals surface area contributed by atoms with Crippen LogP contribution in [-0.2, 0) is 18.4 Å². The number of halogens is 2. The van der Waals surface area contributed by atoms with Gasteiger partial charge >= 0.3 is 0 Å². The minimum Gasteiger partial charge on any atom is -0.345 e. The SMILES string of the molecule is Cc1c(C(=O)CC/C=C/c2ccc3c(c2)NC(=O)/C3=C\c2ncc[nH]2)c(=O)n(Cc2ccc(F)c(F)c2)n1C. The Morgan fingerprint density at radius 2 is 1.92 bits per heavy atom. The highest BCUT2D eigenvalue weighted by Crippen LogP contribution is 2.33. The van der Waals surface area contributed by atoms with Crippen molar-refractivity contribution in [2.45, 2.75) is 26.3 Å².